The van der Waals surface area contributed by atoms with Crippen LogP contribution in [0.3, 0.4) is 0 Å². The van der Waals surface area contributed by atoms with Crippen LogP contribution in [0.5, 0.6) is 5.75 Å². The van der Waals surface area contributed by atoms with Crippen molar-refractivity contribution >= 4 is 29.1 Å². The Morgan fingerprint density at radius 3 is 2.39 bits per heavy atom. The first-order valence-electron chi connectivity index (χ1n) is 9.57. The second-order valence-electron chi connectivity index (χ2n) is 8.15. The summed E-state index contributed by atoms with van der Waals surface area (Å²) in [7, 11) is 0. The standard InChI is InChI=1S/C21H20N2O8/c22-13(26)5-7-1-2-11(24)15-10(7)4-8-3-9-6-12(25)16(20(23)30)19(29)21(9,31)18(28)14(8)17(15)27/h1-2,8-9,24,27,29,31H,3-6H2,(H2,22,26)(H2,23,30)/t8-,9+,21+/m1/s1. The van der Waals surface area contributed by atoms with E-state index >= 15 is 0 Å². The number of rotatable bonds is 3. The molecule has 10 heteroatoms. The minimum absolute atomic E-state index is 0.0224. The van der Waals surface area contributed by atoms with Crippen LogP contribution in [0, 0.1) is 11.8 Å². The van der Waals surface area contributed by atoms with Crippen LogP contribution in [0.15, 0.2) is 29.0 Å². The molecule has 3 aliphatic rings. The lowest BCUT2D eigenvalue weighted by Crippen LogP contribution is -2.58. The van der Waals surface area contributed by atoms with Crippen LogP contribution in [-0.4, -0.2) is 49.4 Å². The van der Waals surface area contributed by atoms with Gasteiger partial charge in [0.25, 0.3) is 5.91 Å². The number of phenolic OH excluding ortho intramolecular Hbond substituents is 1. The SMILES string of the molecule is NC(=O)Cc1ccc(O)c2c1C[C@H]1C[C@H]3CC(=O)C(C(N)=O)=C(O)[C@@]3(O)C(=O)C1=C2O. The minimum Gasteiger partial charge on any atom is -0.508 e. The maximum absolute atomic E-state index is 13.3. The Bertz CT molecular complexity index is 1150. The van der Waals surface area contributed by atoms with Crippen molar-refractivity contribution < 1.29 is 39.6 Å². The summed E-state index contributed by atoms with van der Waals surface area (Å²) >= 11 is 0. The number of carbonyl (C=O) groups excluding carboxylic acids is 4. The van der Waals surface area contributed by atoms with Gasteiger partial charge in [0.15, 0.2) is 11.4 Å². The number of hydrogen-bond acceptors (Lipinski definition) is 8. The van der Waals surface area contributed by atoms with E-state index in [1.165, 1.54) is 12.1 Å². The van der Waals surface area contributed by atoms with Crippen molar-refractivity contribution in [3.05, 3.63) is 45.7 Å². The molecule has 2 amide bonds. The number of benzene rings is 1. The first-order valence-corrected chi connectivity index (χ1v) is 9.57. The van der Waals surface area contributed by atoms with E-state index in [0.717, 1.165) is 0 Å². The smallest absolute Gasteiger partial charge is 0.255 e. The molecule has 162 valence electrons. The van der Waals surface area contributed by atoms with Gasteiger partial charge in [-0.05, 0) is 36.0 Å². The van der Waals surface area contributed by atoms with E-state index in [-0.39, 0.29) is 36.1 Å². The number of aliphatic hydroxyl groups excluding tert-OH is 2. The Morgan fingerprint density at radius 2 is 1.77 bits per heavy atom. The summed E-state index contributed by atoms with van der Waals surface area (Å²) in [6.45, 7) is 0. The van der Waals surface area contributed by atoms with E-state index in [0.29, 0.717) is 11.1 Å². The molecule has 0 aromatic heterocycles. The normalized spacial score (nSPS) is 27.5. The van der Waals surface area contributed by atoms with Crippen molar-refractivity contribution in [3.8, 4) is 5.75 Å². The van der Waals surface area contributed by atoms with Crippen LogP contribution in [0.2, 0.25) is 0 Å². The summed E-state index contributed by atoms with van der Waals surface area (Å²) in [5.41, 5.74) is 7.59. The molecule has 1 aromatic carbocycles. The summed E-state index contributed by atoms with van der Waals surface area (Å²) in [5.74, 6) is -7.52. The highest BCUT2D eigenvalue weighted by Gasteiger charge is 2.60. The number of hydrogen-bond donors (Lipinski definition) is 6. The molecule has 1 aromatic rings. The second kappa shape index (κ2) is 6.67. The largest absolute Gasteiger partial charge is 0.508 e. The molecule has 0 unspecified atom stereocenters. The predicted molar refractivity (Wildman–Crippen MR) is 104 cm³/mol. The van der Waals surface area contributed by atoms with Crippen LogP contribution in [0.25, 0.3) is 5.76 Å². The van der Waals surface area contributed by atoms with Gasteiger partial charge in [0.2, 0.25) is 11.7 Å². The van der Waals surface area contributed by atoms with E-state index in [1.807, 2.05) is 0 Å². The molecule has 0 radical (unpaired) electrons. The molecule has 3 atom stereocenters. The zero-order valence-corrected chi connectivity index (χ0v) is 16.2. The highest BCUT2D eigenvalue weighted by Crippen LogP contribution is 2.52. The fraction of sp³-hybridized carbons (Fsp3) is 0.333. The van der Waals surface area contributed by atoms with Gasteiger partial charge >= 0.3 is 0 Å². The summed E-state index contributed by atoms with van der Waals surface area (Å²) in [6.07, 6.45) is -0.390. The van der Waals surface area contributed by atoms with Crippen LogP contribution in [-0.2, 0) is 32.0 Å². The number of phenols is 1. The lowest BCUT2D eigenvalue weighted by molar-refractivity contribution is -0.147. The van der Waals surface area contributed by atoms with Gasteiger partial charge in [-0.2, -0.15) is 0 Å². The van der Waals surface area contributed by atoms with E-state index in [4.69, 9.17) is 11.5 Å². The zero-order chi connectivity index (χ0) is 22.8. The topological polar surface area (TPSA) is 201 Å². The molecular formula is C21H20N2O8. The van der Waals surface area contributed by atoms with E-state index in [1.54, 1.807) is 0 Å². The first-order chi connectivity index (χ1) is 14.5. The van der Waals surface area contributed by atoms with Crippen molar-refractivity contribution in [3.63, 3.8) is 0 Å². The van der Waals surface area contributed by atoms with E-state index in [9.17, 15) is 39.6 Å². The van der Waals surface area contributed by atoms with Gasteiger partial charge in [0.05, 0.1) is 12.0 Å². The third-order valence-electron chi connectivity index (χ3n) is 6.41. The zero-order valence-electron chi connectivity index (χ0n) is 16.2. The monoisotopic (exact) mass is 428 g/mol. The summed E-state index contributed by atoms with van der Waals surface area (Å²) < 4.78 is 0. The lowest BCUT2D eigenvalue weighted by Gasteiger charge is -2.46. The quantitative estimate of drug-likeness (QED) is 0.344. The number of aliphatic hydroxyl groups is 3. The van der Waals surface area contributed by atoms with E-state index < -0.39 is 64.3 Å². The number of aromatic hydroxyl groups is 1. The number of carbonyl (C=O) groups is 4. The average Bonchev–Trinajstić information content (AvgIpc) is 2.66. The highest BCUT2D eigenvalue weighted by atomic mass is 16.3. The third kappa shape index (κ3) is 2.75. The van der Waals surface area contributed by atoms with Gasteiger partial charge in [-0.1, -0.05) is 6.07 Å². The van der Waals surface area contributed by atoms with Gasteiger partial charge in [-0.25, -0.2) is 0 Å². The third-order valence-corrected chi connectivity index (χ3v) is 6.41. The van der Waals surface area contributed by atoms with Gasteiger partial charge in [-0.3, -0.25) is 19.2 Å². The Kier molecular flexibility index (Phi) is 4.44. The Morgan fingerprint density at radius 1 is 1.10 bits per heavy atom. The molecule has 0 heterocycles. The van der Waals surface area contributed by atoms with Crippen molar-refractivity contribution in [2.45, 2.75) is 31.3 Å². The maximum atomic E-state index is 13.3. The van der Waals surface area contributed by atoms with Crippen LogP contribution in [0.1, 0.15) is 29.5 Å². The molecule has 1 fully saturated rings. The van der Waals surface area contributed by atoms with E-state index in [2.05, 4.69) is 0 Å². The minimum atomic E-state index is -2.60. The Labute approximate surface area is 175 Å². The van der Waals surface area contributed by atoms with Crippen molar-refractivity contribution in [1.29, 1.82) is 0 Å². The van der Waals surface area contributed by atoms with Crippen molar-refractivity contribution in [2.75, 3.05) is 0 Å². The predicted octanol–water partition coefficient (Wildman–Crippen LogP) is -0.548. The molecular weight excluding hydrogens is 408 g/mol. The number of ketones is 2. The number of primary amides is 2. The number of amides is 2. The molecule has 0 aliphatic heterocycles. The number of Topliss-reactive ketones (excluding diaryl/α,β-unsaturated/α-hetero) is 2. The fourth-order valence-electron chi connectivity index (χ4n) is 5.04. The average molecular weight is 428 g/mol. The molecule has 0 saturated heterocycles. The summed E-state index contributed by atoms with van der Waals surface area (Å²) in [4.78, 5) is 48.7. The molecule has 3 aliphatic carbocycles. The first kappa shape index (κ1) is 20.6. The summed E-state index contributed by atoms with van der Waals surface area (Å²) in [6, 6.07) is 2.75. The fourth-order valence-corrected chi connectivity index (χ4v) is 5.04. The van der Waals surface area contributed by atoms with Crippen LogP contribution < -0.4 is 11.5 Å². The van der Waals surface area contributed by atoms with Gasteiger partial charge < -0.3 is 31.9 Å². The van der Waals surface area contributed by atoms with Crippen LogP contribution in [0.4, 0.5) is 0 Å². The number of fused-ring (bicyclic) bond motifs is 3. The number of nitrogens with two attached hydrogens (primary N) is 2. The summed E-state index contributed by atoms with van der Waals surface area (Å²) in [5, 5.41) is 42.8. The maximum Gasteiger partial charge on any atom is 0.255 e. The Hall–Kier alpha value is -3.66. The molecule has 8 N–H and O–H groups in total. The second-order valence-corrected chi connectivity index (χ2v) is 8.15. The van der Waals surface area contributed by atoms with Gasteiger partial charge in [-0.15, -0.1) is 0 Å². The molecule has 1 saturated carbocycles. The van der Waals surface area contributed by atoms with Crippen molar-refractivity contribution in [2.24, 2.45) is 23.3 Å². The van der Waals surface area contributed by atoms with Crippen LogP contribution >= 0.6 is 0 Å². The molecule has 0 bridgehead atoms. The lowest BCUT2D eigenvalue weighted by atomic mass is 9.59. The Balaban J connectivity index is 1.92. The van der Waals surface area contributed by atoms with Crippen molar-refractivity contribution in [1.82, 2.24) is 0 Å². The molecule has 0 spiro atoms. The van der Waals surface area contributed by atoms with Gasteiger partial charge in [0, 0.05) is 17.9 Å². The molecule has 10 nitrogen and oxygen atoms in total. The molecule has 4 rings (SSSR count). The molecule has 31 heavy (non-hydrogen) atoms. The van der Waals surface area contributed by atoms with Gasteiger partial charge in [0.1, 0.15) is 22.8 Å². The highest BCUT2D eigenvalue weighted by molar-refractivity contribution is 6.22.